The summed E-state index contributed by atoms with van der Waals surface area (Å²) in [5.74, 6) is 0. The fourth-order valence-electron chi connectivity index (χ4n) is 7.98. The summed E-state index contributed by atoms with van der Waals surface area (Å²) in [6.45, 7) is 0.115. The quantitative estimate of drug-likeness (QED) is 0.174. The van der Waals surface area contributed by atoms with Crippen LogP contribution < -0.4 is 41.4 Å². The second-order valence-corrected chi connectivity index (χ2v) is 15.7. The van der Waals surface area contributed by atoms with E-state index in [4.69, 9.17) is 0 Å². The van der Waals surface area contributed by atoms with Gasteiger partial charge in [-0.1, -0.05) is 152 Å². The van der Waals surface area contributed by atoms with E-state index in [1.807, 2.05) is 0 Å². The van der Waals surface area contributed by atoms with Gasteiger partial charge in [0.2, 0.25) is 0 Å². The van der Waals surface area contributed by atoms with Crippen molar-refractivity contribution in [1.82, 2.24) is 0 Å². The molecule has 0 aromatic heterocycles. The van der Waals surface area contributed by atoms with Gasteiger partial charge in [0.1, 0.15) is 0 Å². The van der Waals surface area contributed by atoms with Crippen molar-refractivity contribution < 1.29 is 0 Å². The predicted molar refractivity (Wildman–Crippen MR) is 198 cm³/mol. The van der Waals surface area contributed by atoms with Gasteiger partial charge in [0.05, 0.1) is 0 Å². The number of fused-ring (bicyclic) bond motifs is 4. The van der Waals surface area contributed by atoms with Gasteiger partial charge in [-0.2, -0.15) is 0 Å². The Labute approximate surface area is 272 Å². The number of benzene rings is 7. The Balaban J connectivity index is 1.44. The van der Waals surface area contributed by atoms with E-state index in [0.717, 1.165) is 0 Å². The topological polar surface area (TPSA) is 6.48 Å². The maximum absolute atomic E-state index is 2.94. The van der Waals surface area contributed by atoms with Crippen molar-refractivity contribution >= 4 is 75.3 Å². The van der Waals surface area contributed by atoms with Gasteiger partial charge in [0.15, 0.2) is 0 Å². The Bertz CT molecular complexity index is 2070. The van der Waals surface area contributed by atoms with Gasteiger partial charge in [0, 0.05) is 28.4 Å². The molecular weight excluding hydrogens is 571 g/mol. The van der Waals surface area contributed by atoms with Crippen LogP contribution in [0.5, 0.6) is 0 Å². The lowest BCUT2D eigenvalue weighted by Crippen LogP contribution is -2.79. The van der Waals surface area contributed by atoms with Crippen molar-refractivity contribution in [3.63, 3.8) is 0 Å². The van der Waals surface area contributed by atoms with E-state index in [9.17, 15) is 0 Å². The number of para-hydroxylation sites is 3. The van der Waals surface area contributed by atoms with Crippen LogP contribution in [-0.4, -0.2) is 14.9 Å². The molecule has 2 aliphatic heterocycles. The van der Waals surface area contributed by atoms with Crippen molar-refractivity contribution in [2.24, 2.45) is 0 Å². The van der Waals surface area contributed by atoms with E-state index in [1.54, 1.807) is 0 Å². The summed E-state index contributed by atoms with van der Waals surface area (Å²) in [6, 6.07) is 69.6. The molecule has 2 heterocycles. The van der Waals surface area contributed by atoms with E-state index in [-0.39, 0.29) is 6.71 Å². The maximum atomic E-state index is 2.77. The van der Waals surface area contributed by atoms with Gasteiger partial charge in [-0.15, -0.1) is 0 Å². The number of rotatable bonds is 5. The molecule has 0 atom stereocenters. The average molecular weight is 603 g/mol. The Morgan fingerprint density at radius 3 is 1.33 bits per heavy atom. The second kappa shape index (κ2) is 10.8. The first kappa shape index (κ1) is 26.8. The minimum Gasteiger partial charge on any atom is -0.357 e. The van der Waals surface area contributed by atoms with Crippen molar-refractivity contribution in [2.45, 2.75) is 0 Å². The van der Waals surface area contributed by atoms with Gasteiger partial charge >= 0.3 is 0 Å². The lowest BCUT2D eigenvalue weighted by Gasteiger charge is -2.51. The van der Waals surface area contributed by atoms with Crippen LogP contribution in [0.3, 0.4) is 0 Å². The molecule has 0 saturated carbocycles. The average Bonchev–Trinajstić information content (AvgIpc) is 3.14. The van der Waals surface area contributed by atoms with Gasteiger partial charge < -0.3 is 9.47 Å². The van der Waals surface area contributed by atoms with E-state index >= 15 is 0 Å². The smallest absolute Gasteiger partial charge is 0.257 e. The van der Waals surface area contributed by atoms with Crippen LogP contribution in [0.2, 0.25) is 0 Å². The van der Waals surface area contributed by atoms with Gasteiger partial charge in [-0.3, -0.25) is 0 Å². The van der Waals surface area contributed by atoms with Gasteiger partial charge in [-0.05, 0) is 68.3 Å². The molecule has 4 heteroatoms. The zero-order valence-corrected chi connectivity index (χ0v) is 26.4. The predicted octanol–water partition coefficient (Wildman–Crippen LogP) is 6.10. The molecule has 2 nitrogen and oxygen atoms in total. The van der Waals surface area contributed by atoms with Crippen LogP contribution >= 0.6 is 0 Å². The fraction of sp³-hybridized carbons (Fsp3) is 0. The highest BCUT2D eigenvalue weighted by atomic mass is 28.3. The maximum Gasteiger partial charge on any atom is 0.257 e. The van der Waals surface area contributed by atoms with Crippen LogP contribution in [0, 0.1) is 0 Å². The van der Waals surface area contributed by atoms with E-state index in [1.165, 1.54) is 60.4 Å². The molecule has 7 aromatic rings. The van der Waals surface area contributed by atoms with E-state index < -0.39 is 8.24 Å². The largest absolute Gasteiger partial charge is 0.357 e. The molecule has 7 aromatic carbocycles. The van der Waals surface area contributed by atoms with Crippen molar-refractivity contribution in [3.8, 4) is 0 Å². The summed E-state index contributed by atoms with van der Waals surface area (Å²) in [5, 5.41) is 4.07. The van der Waals surface area contributed by atoms with Crippen molar-refractivity contribution in [3.05, 3.63) is 188 Å². The zero-order chi connectivity index (χ0) is 30.5. The van der Waals surface area contributed by atoms with Crippen LogP contribution in [-0.2, 0) is 0 Å². The minimum absolute atomic E-state index is 0.115. The molecule has 2 aliphatic rings. The van der Waals surface area contributed by atoms with Crippen LogP contribution in [0.25, 0.3) is 0 Å². The first-order valence-electron chi connectivity index (χ1n) is 16.0. The Morgan fingerprint density at radius 2 is 0.761 bits per heavy atom. The Morgan fingerprint density at radius 1 is 0.348 bits per heavy atom. The van der Waals surface area contributed by atoms with E-state index in [0.29, 0.717) is 0 Å². The molecule has 0 spiro atoms. The molecular formula is C42H31BN2Si. The van der Waals surface area contributed by atoms with E-state index in [2.05, 4.69) is 198 Å². The standard InChI is InChI=1S/C42H31BN2Si/c1-5-18-32(19-6-1)44-38-28-15-13-26-36(38)43-37-27-14-16-29-39(37)45(41-31-17-30-40(44)42(41)43)46(33-20-7-2-8-21-33,34-22-9-3-10-23-34)35-24-11-4-12-25-35/h1-31H. The number of anilines is 5. The first-order chi connectivity index (χ1) is 22.9. The SMILES string of the molecule is c1ccc(N2c3ccccc3B3c4ccccc4N([Si](c4ccccc4)(c4ccccc4)c4ccccc4)c4cccc2c43)cc1. The third-order valence-electron chi connectivity index (χ3n) is 9.73. The van der Waals surface area contributed by atoms with Gasteiger partial charge in [-0.25, -0.2) is 0 Å². The monoisotopic (exact) mass is 602 g/mol. The molecule has 0 N–H and O–H groups in total. The van der Waals surface area contributed by atoms with Crippen LogP contribution in [0.1, 0.15) is 0 Å². The molecule has 0 unspecified atom stereocenters. The third kappa shape index (κ3) is 3.84. The lowest BCUT2D eigenvalue weighted by atomic mass is 9.33. The number of hydrogen-bond acceptors (Lipinski definition) is 2. The molecule has 0 bridgehead atoms. The highest BCUT2D eigenvalue weighted by Gasteiger charge is 2.52. The fourth-order valence-corrected chi connectivity index (χ4v) is 12.9. The lowest BCUT2D eigenvalue weighted by molar-refractivity contribution is 1.27. The Hall–Kier alpha value is -5.58. The highest BCUT2D eigenvalue weighted by Crippen LogP contribution is 2.42. The molecule has 0 radical (unpaired) electrons. The number of hydrogen-bond donors (Lipinski definition) is 0. The summed E-state index contributed by atoms with van der Waals surface area (Å²) < 4.78 is 2.77. The molecule has 0 amide bonds. The summed E-state index contributed by atoms with van der Waals surface area (Å²) in [7, 11) is -2.94. The van der Waals surface area contributed by atoms with Crippen molar-refractivity contribution in [2.75, 3.05) is 9.47 Å². The first-order valence-corrected chi connectivity index (χ1v) is 17.9. The molecule has 0 saturated heterocycles. The summed E-state index contributed by atoms with van der Waals surface area (Å²) in [4.78, 5) is 2.47. The normalized spacial score (nSPS) is 13.1. The van der Waals surface area contributed by atoms with Crippen molar-refractivity contribution in [1.29, 1.82) is 0 Å². The molecule has 9 rings (SSSR count). The minimum atomic E-state index is -2.94. The van der Waals surface area contributed by atoms with Crippen LogP contribution in [0.4, 0.5) is 28.4 Å². The molecule has 0 aliphatic carbocycles. The summed E-state index contributed by atoms with van der Waals surface area (Å²) >= 11 is 0. The second-order valence-electron chi connectivity index (χ2n) is 12.1. The number of nitrogens with zero attached hydrogens (tertiary/aromatic N) is 2. The third-order valence-corrected chi connectivity index (χ3v) is 14.4. The van der Waals surface area contributed by atoms with Gasteiger partial charge in [0.25, 0.3) is 14.9 Å². The summed E-state index contributed by atoms with van der Waals surface area (Å²) in [6.07, 6.45) is 0. The molecule has 0 fully saturated rings. The molecule has 46 heavy (non-hydrogen) atoms. The molecule has 216 valence electrons. The Kier molecular flexibility index (Phi) is 6.29. The van der Waals surface area contributed by atoms with Crippen LogP contribution in [0.15, 0.2) is 188 Å². The highest BCUT2D eigenvalue weighted by molar-refractivity contribution is 7.15. The summed E-state index contributed by atoms with van der Waals surface area (Å²) in [5.41, 5.74) is 10.3. The zero-order valence-electron chi connectivity index (χ0n) is 25.4.